The van der Waals surface area contributed by atoms with Crippen LogP contribution in [0.3, 0.4) is 0 Å². The quantitative estimate of drug-likeness (QED) is 0.137. The van der Waals surface area contributed by atoms with Gasteiger partial charge in [-0.3, -0.25) is 0 Å². The van der Waals surface area contributed by atoms with Crippen LogP contribution in [0.15, 0.2) is 114 Å². The number of para-hydroxylation sites is 3. The summed E-state index contributed by atoms with van der Waals surface area (Å²) >= 11 is 0. The predicted octanol–water partition coefficient (Wildman–Crippen LogP) is 11.4. The van der Waals surface area contributed by atoms with Crippen LogP contribution >= 0.6 is 0 Å². The minimum atomic E-state index is -0.0146. The first-order valence-electron chi connectivity index (χ1n) is 16.1. The standard InChI is InChI=1S/C42H33N3O/c1-24-19-25(2)21-27(20-24)43-34-22-26(42(3,4)5)17-18-33(34)45-41-35(43)23-37-38(30-12-7-9-16-36(30)46-37)39(41)31-14-10-13-29-28-11-6-8-15-32(28)44(45)40(29)31/h6-23H,1-5H3. The summed E-state index contributed by atoms with van der Waals surface area (Å²) < 4.78 is 14.1. The number of hydrogen-bond donors (Lipinski definition) is 0. The maximum atomic E-state index is 6.71. The van der Waals surface area contributed by atoms with Crippen LogP contribution in [0, 0.1) is 13.8 Å². The number of benzene rings is 6. The fourth-order valence-corrected chi connectivity index (χ4v) is 8.08. The van der Waals surface area contributed by atoms with Gasteiger partial charge in [0.25, 0.3) is 0 Å². The van der Waals surface area contributed by atoms with Crippen molar-refractivity contribution in [3.8, 4) is 11.4 Å². The second-order valence-corrected chi connectivity index (χ2v) is 14.1. The van der Waals surface area contributed by atoms with Crippen LogP contribution in [0.2, 0.25) is 0 Å². The third-order valence-corrected chi connectivity index (χ3v) is 9.99. The fourth-order valence-electron chi connectivity index (χ4n) is 8.08. The maximum Gasteiger partial charge on any atom is 0.138 e. The minimum Gasteiger partial charge on any atom is -0.456 e. The molecule has 0 saturated heterocycles. The Kier molecular flexibility index (Phi) is 4.83. The number of hydrogen-bond acceptors (Lipinski definition) is 1. The molecule has 0 unspecified atom stereocenters. The highest BCUT2D eigenvalue weighted by molar-refractivity contribution is 6.29. The van der Waals surface area contributed by atoms with Gasteiger partial charge in [-0.05, 0) is 72.4 Å². The van der Waals surface area contributed by atoms with Crippen LogP contribution in [0.4, 0.5) is 0 Å². The molecule has 0 fully saturated rings. The van der Waals surface area contributed by atoms with Gasteiger partial charge in [-0.25, -0.2) is 9.20 Å². The topological polar surface area (TPSA) is 27.4 Å². The van der Waals surface area contributed by atoms with Crippen LogP contribution in [-0.4, -0.2) is 13.8 Å². The van der Waals surface area contributed by atoms with E-state index in [9.17, 15) is 0 Å². The Hall–Kier alpha value is -5.48. The molecule has 0 saturated carbocycles. The molecule has 2 aliphatic heterocycles. The van der Waals surface area contributed by atoms with E-state index in [4.69, 9.17) is 4.42 Å². The van der Waals surface area contributed by atoms with E-state index in [-0.39, 0.29) is 5.41 Å². The molecule has 0 spiro atoms. The predicted molar refractivity (Wildman–Crippen MR) is 193 cm³/mol. The van der Waals surface area contributed by atoms with Crippen molar-refractivity contribution in [2.24, 2.45) is 0 Å². The summed E-state index contributed by atoms with van der Waals surface area (Å²) in [5, 5.41) is 7.27. The molecule has 2 aliphatic rings. The lowest BCUT2D eigenvalue weighted by atomic mass is 9.86. The van der Waals surface area contributed by atoms with Gasteiger partial charge in [0.05, 0.1) is 33.3 Å². The Balaban J connectivity index is 1.61. The lowest BCUT2D eigenvalue weighted by Crippen LogP contribution is -2.18. The first kappa shape index (κ1) is 25.8. The molecule has 2 aromatic heterocycles. The molecule has 0 radical (unpaired) electrons. The summed E-state index contributed by atoms with van der Waals surface area (Å²) in [6.45, 7) is 11.3. The van der Waals surface area contributed by atoms with Crippen molar-refractivity contribution >= 4 is 71.1 Å². The molecule has 0 atom stereocenters. The lowest BCUT2D eigenvalue weighted by molar-refractivity contribution is 0.590. The van der Waals surface area contributed by atoms with E-state index in [0.717, 1.165) is 38.8 Å². The van der Waals surface area contributed by atoms with Crippen LogP contribution in [0.1, 0.15) is 37.5 Å². The van der Waals surface area contributed by atoms with Crippen LogP contribution in [0.5, 0.6) is 0 Å². The zero-order chi connectivity index (χ0) is 31.1. The molecule has 0 N–H and O–H groups in total. The molecule has 222 valence electrons. The van der Waals surface area contributed by atoms with E-state index in [1.54, 1.807) is 0 Å². The average Bonchev–Trinajstić information content (AvgIpc) is 3.57. The molecular formula is C42H33N3O. The molecule has 46 heavy (non-hydrogen) atoms. The Morgan fingerprint density at radius 2 is 1.26 bits per heavy atom. The average molecular weight is 596 g/mol. The van der Waals surface area contributed by atoms with E-state index in [1.807, 2.05) is 0 Å². The summed E-state index contributed by atoms with van der Waals surface area (Å²) in [7, 11) is 0. The zero-order valence-electron chi connectivity index (χ0n) is 26.6. The summed E-state index contributed by atoms with van der Waals surface area (Å²) in [4.78, 5) is 0. The Morgan fingerprint density at radius 3 is 2.07 bits per heavy atom. The van der Waals surface area contributed by atoms with E-state index in [2.05, 4.69) is 158 Å². The molecule has 0 bridgehead atoms. The molecular weight excluding hydrogens is 562 g/mol. The van der Waals surface area contributed by atoms with Gasteiger partial charge in [0.2, 0.25) is 0 Å². The number of aryl methyl sites for hydroxylation is 2. The smallest absolute Gasteiger partial charge is 0.138 e. The van der Waals surface area contributed by atoms with Crippen molar-refractivity contribution in [1.29, 1.82) is 0 Å². The number of furan rings is 1. The van der Waals surface area contributed by atoms with E-state index < -0.39 is 0 Å². The largest absolute Gasteiger partial charge is 0.456 e. The third kappa shape index (κ3) is 3.23. The summed E-state index contributed by atoms with van der Waals surface area (Å²) in [5.74, 6) is 0. The minimum absolute atomic E-state index is 0.0146. The van der Waals surface area contributed by atoms with Crippen molar-refractivity contribution in [3.63, 3.8) is 0 Å². The summed E-state index contributed by atoms with van der Waals surface area (Å²) in [6, 6.07) is 40.3. The van der Waals surface area contributed by atoms with Crippen molar-refractivity contribution in [1.82, 2.24) is 13.8 Å². The van der Waals surface area contributed by atoms with Gasteiger partial charge in [-0.2, -0.15) is 0 Å². The number of aromatic nitrogens is 3. The van der Waals surface area contributed by atoms with Gasteiger partial charge < -0.3 is 8.98 Å². The number of nitrogens with zero attached hydrogens (tertiary/aromatic N) is 3. The zero-order valence-corrected chi connectivity index (χ0v) is 26.6. The summed E-state index contributed by atoms with van der Waals surface area (Å²) in [5.41, 5.74) is 13.8. The van der Waals surface area contributed by atoms with Gasteiger partial charge >= 0.3 is 0 Å². The van der Waals surface area contributed by atoms with Crippen molar-refractivity contribution < 1.29 is 4.42 Å². The molecule has 4 heterocycles. The Morgan fingerprint density at radius 1 is 0.543 bits per heavy atom. The first-order chi connectivity index (χ1) is 22.3. The highest BCUT2D eigenvalue weighted by Crippen LogP contribution is 2.47. The van der Waals surface area contributed by atoms with Gasteiger partial charge in [0.15, 0.2) is 0 Å². The van der Waals surface area contributed by atoms with Crippen LogP contribution in [0.25, 0.3) is 82.4 Å². The SMILES string of the molecule is Cc1cc(C)cc(-n2c3cc4oc5ccccc5c4c4c3-n(c3ccc(C(C)(C)C)cc32)n2c3ccccc3c3cccc4c32)c1. The van der Waals surface area contributed by atoms with E-state index in [0.29, 0.717) is 0 Å². The second-order valence-electron chi connectivity index (χ2n) is 14.1. The number of rotatable bonds is 1. The van der Waals surface area contributed by atoms with Gasteiger partial charge in [-0.1, -0.05) is 87.5 Å². The maximum absolute atomic E-state index is 6.71. The molecule has 4 heteroatoms. The van der Waals surface area contributed by atoms with Gasteiger partial charge in [0, 0.05) is 44.1 Å². The molecule has 8 aromatic rings. The molecule has 10 rings (SSSR count). The van der Waals surface area contributed by atoms with E-state index >= 15 is 0 Å². The Bertz CT molecular complexity index is 2840. The number of fused-ring (bicyclic) bond motifs is 11. The highest BCUT2D eigenvalue weighted by Gasteiger charge is 2.29. The molecule has 6 aromatic carbocycles. The van der Waals surface area contributed by atoms with Crippen LogP contribution < -0.4 is 0 Å². The van der Waals surface area contributed by atoms with Gasteiger partial charge in [-0.15, -0.1) is 0 Å². The monoisotopic (exact) mass is 595 g/mol. The lowest BCUT2D eigenvalue weighted by Gasteiger charge is -2.29. The highest BCUT2D eigenvalue weighted by atomic mass is 16.3. The van der Waals surface area contributed by atoms with Crippen LogP contribution in [-0.2, 0) is 5.41 Å². The van der Waals surface area contributed by atoms with Crippen molar-refractivity contribution in [2.45, 2.75) is 40.0 Å². The summed E-state index contributed by atoms with van der Waals surface area (Å²) in [6.07, 6.45) is 0. The molecule has 0 amide bonds. The fraction of sp³-hybridized carbons (Fsp3) is 0.143. The van der Waals surface area contributed by atoms with Crippen molar-refractivity contribution in [3.05, 3.63) is 126 Å². The third-order valence-electron chi connectivity index (χ3n) is 9.99. The van der Waals surface area contributed by atoms with Gasteiger partial charge in [0.1, 0.15) is 11.2 Å². The first-order valence-corrected chi connectivity index (χ1v) is 16.1. The molecule has 0 aliphatic carbocycles. The van der Waals surface area contributed by atoms with E-state index in [1.165, 1.54) is 60.3 Å². The molecule has 4 nitrogen and oxygen atoms in total. The Labute approximate surface area is 266 Å². The normalized spacial score (nSPS) is 12.9. The van der Waals surface area contributed by atoms with Crippen molar-refractivity contribution in [2.75, 3.05) is 0 Å². The second kappa shape index (κ2) is 8.61.